The molecule has 0 aliphatic heterocycles. The van der Waals surface area contributed by atoms with Crippen LogP contribution in [-0.2, 0) is 0 Å². The van der Waals surface area contributed by atoms with E-state index in [0.717, 1.165) is 13.0 Å². The second-order valence-electron chi connectivity index (χ2n) is 1.07. The van der Waals surface area contributed by atoms with Crippen molar-refractivity contribution in [3.05, 3.63) is 0 Å². The van der Waals surface area contributed by atoms with Crippen molar-refractivity contribution in [3.8, 4) is 0 Å². The second-order valence-corrected chi connectivity index (χ2v) is 1.07. The third-order valence-corrected chi connectivity index (χ3v) is 0.465. The van der Waals surface area contributed by atoms with Crippen LogP contribution in [0.25, 0.3) is 0 Å². The lowest BCUT2D eigenvalue weighted by molar-refractivity contribution is 0.863. The lowest BCUT2D eigenvalue weighted by Gasteiger charge is -1.76. The first kappa shape index (κ1) is 5.60. The van der Waals surface area contributed by atoms with E-state index in [1.165, 1.54) is 0 Å². The predicted molar refractivity (Wildman–Crippen MR) is 25.9 cm³/mol. The van der Waals surface area contributed by atoms with Crippen molar-refractivity contribution >= 4 is 0 Å². The van der Waals surface area contributed by atoms with Crippen molar-refractivity contribution in [2.75, 3.05) is 13.6 Å². The van der Waals surface area contributed by atoms with E-state index in [1.807, 2.05) is 0 Å². The molecule has 0 aliphatic carbocycles. The van der Waals surface area contributed by atoms with Gasteiger partial charge in [0.15, 0.2) is 0 Å². The Labute approximate surface area is 38.3 Å². The van der Waals surface area contributed by atoms with Gasteiger partial charge in [-0.05, 0) is 6.42 Å². The van der Waals surface area contributed by atoms with E-state index in [-0.39, 0.29) is 0 Å². The molecule has 0 aromatic heterocycles. The van der Waals surface area contributed by atoms with Gasteiger partial charge in [-0.15, -0.1) is 0 Å². The maximum Gasteiger partial charge on any atom is 0.0596 e. The Kier molecular flexibility index (Phi) is 4.29. The summed E-state index contributed by atoms with van der Waals surface area (Å²) in [6, 6.07) is 0. The molecule has 0 amide bonds. The third kappa shape index (κ3) is 3.60. The molecule has 0 bridgehead atoms. The lowest BCUT2D eigenvalue weighted by Crippen LogP contribution is -1.68. The molecule has 0 unspecified atom stereocenters. The zero-order valence-electron chi connectivity index (χ0n) is 4.31. The van der Waals surface area contributed by atoms with Gasteiger partial charge >= 0.3 is 0 Å². The molecule has 0 aromatic carbocycles. The fraction of sp³-hybridized carbons (Fsp3) is 1.00. The van der Waals surface area contributed by atoms with Gasteiger partial charge in [0.1, 0.15) is 0 Å². The molecule has 0 heterocycles. The van der Waals surface area contributed by atoms with Crippen molar-refractivity contribution in [2.24, 2.45) is 10.2 Å². The van der Waals surface area contributed by atoms with Gasteiger partial charge < -0.3 is 0 Å². The van der Waals surface area contributed by atoms with Crippen LogP contribution < -0.4 is 0 Å². The average Bonchev–Trinajstić information content (AvgIpc) is 1.61. The quantitative estimate of drug-likeness (QED) is 0.455. The van der Waals surface area contributed by atoms with Crippen LogP contribution in [-0.4, -0.2) is 13.6 Å². The molecule has 0 radical (unpaired) electrons. The Bertz CT molecular complexity index is 40.8. The summed E-state index contributed by atoms with van der Waals surface area (Å²) < 4.78 is 0. The van der Waals surface area contributed by atoms with Crippen LogP contribution in [0.3, 0.4) is 0 Å². The highest BCUT2D eigenvalue weighted by Crippen LogP contribution is 1.75. The normalized spacial score (nSPS) is 10.3. The largest absolute Gasteiger partial charge is 0.198 e. The molecule has 0 saturated carbocycles. The van der Waals surface area contributed by atoms with E-state index in [1.54, 1.807) is 7.05 Å². The molecule has 2 heteroatoms. The highest BCUT2D eigenvalue weighted by atomic mass is 15.1. The molecule has 36 valence electrons. The predicted octanol–water partition coefficient (Wildman–Crippen LogP) is 1.48. The van der Waals surface area contributed by atoms with E-state index in [2.05, 4.69) is 17.2 Å². The summed E-state index contributed by atoms with van der Waals surface area (Å²) in [5.74, 6) is 0. The summed E-state index contributed by atoms with van der Waals surface area (Å²) in [5.41, 5.74) is 0. The van der Waals surface area contributed by atoms with Gasteiger partial charge in [0.05, 0.1) is 6.54 Å². The first-order valence-corrected chi connectivity index (χ1v) is 2.17. The Morgan fingerprint density at radius 3 is 2.33 bits per heavy atom. The van der Waals surface area contributed by atoms with Crippen LogP contribution in [0.5, 0.6) is 0 Å². The highest BCUT2D eigenvalue weighted by molar-refractivity contribution is 4.28. The Balaban J connectivity index is 2.66. The first-order chi connectivity index (χ1) is 2.91. The fourth-order valence-electron chi connectivity index (χ4n) is 0.200. The summed E-state index contributed by atoms with van der Waals surface area (Å²) in [5, 5.41) is 7.27. The fourth-order valence-corrected chi connectivity index (χ4v) is 0.200. The molecule has 0 N–H and O–H groups in total. The molecule has 0 spiro atoms. The van der Waals surface area contributed by atoms with Crippen molar-refractivity contribution in [1.29, 1.82) is 0 Å². The maximum atomic E-state index is 3.72. The zero-order chi connectivity index (χ0) is 4.83. The third-order valence-electron chi connectivity index (χ3n) is 0.465. The van der Waals surface area contributed by atoms with Crippen LogP contribution in [0.1, 0.15) is 13.3 Å². The summed E-state index contributed by atoms with van der Waals surface area (Å²) in [6.07, 6.45) is 1.09. The number of rotatable bonds is 2. The molecule has 6 heavy (non-hydrogen) atoms. The molecule has 0 atom stereocenters. The standard InChI is InChI=1S/C4H10N2/c1-3-4-6-5-2/h3-4H2,1-2H3/b6-5-. The molecule has 0 aliphatic rings. The molecule has 0 rings (SSSR count). The van der Waals surface area contributed by atoms with Gasteiger partial charge in [-0.2, -0.15) is 10.2 Å². The summed E-state index contributed by atoms with van der Waals surface area (Å²) in [4.78, 5) is 0. The average molecular weight is 86.1 g/mol. The Morgan fingerprint density at radius 2 is 2.17 bits per heavy atom. The van der Waals surface area contributed by atoms with Crippen molar-refractivity contribution in [2.45, 2.75) is 13.3 Å². The summed E-state index contributed by atoms with van der Waals surface area (Å²) >= 11 is 0. The minimum atomic E-state index is 0.872. The number of hydrogen-bond acceptors (Lipinski definition) is 2. The maximum absolute atomic E-state index is 3.72. The summed E-state index contributed by atoms with van der Waals surface area (Å²) in [6.45, 7) is 2.95. The highest BCUT2D eigenvalue weighted by Gasteiger charge is 1.66. The van der Waals surface area contributed by atoms with E-state index in [4.69, 9.17) is 0 Å². The van der Waals surface area contributed by atoms with Gasteiger partial charge in [0.2, 0.25) is 0 Å². The number of nitrogens with zero attached hydrogens (tertiary/aromatic N) is 2. The lowest BCUT2D eigenvalue weighted by atomic mass is 10.5. The van der Waals surface area contributed by atoms with Gasteiger partial charge in [0.25, 0.3) is 0 Å². The molecular weight excluding hydrogens is 76.1 g/mol. The van der Waals surface area contributed by atoms with Gasteiger partial charge in [-0.25, -0.2) is 0 Å². The van der Waals surface area contributed by atoms with Gasteiger partial charge in [-0.1, -0.05) is 6.92 Å². The zero-order valence-corrected chi connectivity index (χ0v) is 4.31. The molecule has 2 nitrogen and oxygen atoms in total. The number of azo groups is 1. The van der Waals surface area contributed by atoms with Crippen LogP contribution >= 0.6 is 0 Å². The number of hydrogen-bond donors (Lipinski definition) is 0. The van der Waals surface area contributed by atoms with E-state index < -0.39 is 0 Å². The topological polar surface area (TPSA) is 24.7 Å². The van der Waals surface area contributed by atoms with Crippen molar-refractivity contribution < 1.29 is 0 Å². The molecule has 0 fully saturated rings. The van der Waals surface area contributed by atoms with E-state index in [9.17, 15) is 0 Å². The van der Waals surface area contributed by atoms with Gasteiger partial charge in [0, 0.05) is 7.05 Å². The first-order valence-electron chi connectivity index (χ1n) is 2.17. The second kappa shape index (κ2) is 4.60. The minimum Gasteiger partial charge on any atom is -0.198 e. The molecule has 0 saturated heterocycles. The van der Waals surface area contributed by atoms with Crippen LogP contribution in [0.2, 0.25) is 0 Å². The van der Waals surface area contributed by atoms with Crippen molar-refractivity contribution in [3.63, 3.8) is 0 Å². The van der Waals surface area contributed by atoms with E-state index >= 15 is 0 Å². The monoisotopic (exact) mass is 86.1 g/mol. The molecular formula is C4H10N2. The van der Waals surface area contributed by atoms with Crippen molar-refractivity contribution in [1.82, 2.24) is 0 Å². The SMILES string of the molecule is CCC/N=N\C. The summed E-state index contributed by atoms with van der Waals surface area (Å²) in [7, 11) is 1.69. The molecule has 0 aromatic rings. The Morgan fingerprint density at radius 1 is 1.50 bits per heavy atom. The van der Waals surface area contributed by atoms with E-state index in [0.29, 0.717) is 0 Å². The van der Waals surface area contributed by atoms with Gasteiger partial charge in [-0.3, -0.25) is 0 Å². The van der Waals surface area contributed by atoms with Crippen LogP contribution in [0, 0.1) is 0 Å². The van der Waals surface area contributed by atoms with Crippen LogP contribution in [0.4, 0.5) is 0 Å². The minimum absolute atomic E-state index is 0.872. The Hall–Kier alpha value is -0.400. The smallest absolute Gasteiger partial charge is 0.0596 e. The van der Waals surface area contributed by atoms with Crippen LogP contribution in [0.15, 0.2) is 10.2 Å².